The number of nitrogens with one attached hydrogen (secondary N) is 1. The highest BCUT2D eigenvalue weighted by molar-refractivity contribution is 6.10. The Labute approximate surface area is 80.8 Å². The monoisotopic (exact) mass is 187 g/mol. The molecule has 0 amide bonds. The molecule has 0 aliphatic heterocycles. The molecule has 0 fully saturated rings. The van der Waals surface area contributed by atoms with Gasteiger partial charge in [-0.05, 0) is 18.2 Å². The Morgan fingerprint density at radius 3 is 2.71 bits per heavy atom. The van der Waals surface area contributed by atoms with E-state index >= 15 is 0 Å². The Bertz CT molecular complexity index is 448. The highest BCUT2D eigenvalue weighted by atomic mass is 16.1. The van der Waals surface area contributed by atoms with Crippen molar-refractivity contribution in [2.45, 2.75) is 0 Å². The number of hydrogen-bond acceptors (Lipinski definition) is 3. The molecule has 2 aromatic rings. The van der Waals surface area contributed by atoms with Crippen LogP contribution in [0.3, 0.4) is 0 Å². The van der Waals surface area contributed by atoms with Crippen molar-refractivity contribution in [1.29, 1.82) is 0 Å². The number of ketones is 1. The molecule has 4 nitrogen and oxygen atoms in total. The number of aromatic nitrogens is 2. The van der Waals surface area contributed by atoms with Gasteiger partial charge in [-0.25, -0.2) is 0 Å². The van der Waals surface area contributed by atoms with Crippen LogP contribution in [0.1, 0.15) is 16.1 Å². The van der Waals surface area contributed by atoms with Gasteiger partial charge in [0.2, 0.25) is 5.78 Å². The molecule has 70 valence electrons. The van der Waals surface area contributed by atoms with E-state index in [9.17, 15) is 4.79 Å². The smallest absolute Gasteiger partial charge is 0.212 e. The van der Waals surface area contributed by atoms with Crippen LogP contribution in [0.2, 0.25) is 0 Å². The minimum Gasteiger partial charge on any atom is -0.398 e. The second-order valence-electron chi connectivity index (χ2n) is 2.89. The van der Waals surface area contributed by atoms with Gasteiger partial charge >= 0.3 is 0 Å². The molecule has 0 bridgehead atoms. The zero-order valence-corrected chi connectivity index (χ0v) is 7.40. The van der Waals surface area contributed by atoms with Crippen molar-refractivity contribution in [1.82, 2.24) is 10.2 Å². The molecule has 0 unspecified atom stereocenters. The van der Waals surface area contributed by atoms with Crippen LogP contribution >= 0.6 is 0 Å². The number of benzene rings is 1. The Morgan fingerprint density at radius 2 is 2.07 bits per heavy atom. The van der Waals surface area contributed by atoms with Gasteiger partial charge in [0.1, 0.15) is 5.69 Å². The van der Waals surface area contributed by atoms with Gasteiger partial charge in [0.15, 0.2) is 0 Å². The zero-order chi connectivity index (χ0) is 9.97. The fourth-order valence-corrected chi connectivity index (χ4v) is 1.23. The first kappa shape index (κ1) is 8.50. The molecule has 0 radical (unpaired) electrons. The maximum absolute atomic E-state index is 11.8. The lowest BCUT2D eigenvalue weighted by Gasteiger charge is -2.01. The molecule has 0 saturated heterocycles. The van der Waals surface area contributed by atoms with E-state index in [4.69, 9.17) is 5.73 Å². The molecule has 1 heterocycles. The number of nitrogens with two attached hydrogens (primary N) is 1. The summed E-state index contributed by atoms with van der Waals surface area (Å²) in [6, 6.07) is 8.58. The molecule has 1 aromatic carbocycles. The van der Waals surface area contributed by atoms with E-state index in [1.165, 1.54) is 6.20 Å². The van der Waals surface area contributed by atoms with E-state index in [1.807, 2.05) is 0 Å². The molecule has 1 aromatic heterocycles. The third-order valence-electron chi connectivity index (χ3n) is 1.95. The fourth-order valence-electron chi connectivity index (χ4n) is 1.23. The van der Waals surface area contributed by atoms with E-state index in [0.717, 1.165) is 0 Å². The van der Waals surface area contributed by atoms with E-state index < -0.39 is 0 Å². The van der Waals surface area contributed by atoms with Crippen LogP contribution in [-0.2, 0) is 0 Å². The Hall–Kier alpha value is -2.10. The molecule has 0 spiro atoms. The highest BCUT2D eigenvalue weighted by Crippen LogP contribution is 2.14. The van der Waals surface area contributed by atoms with E-state index in [2.05, 4.69) is 10.2 Å². The third-order valence-corrected chi connectivity index (χ3v) is 1.95. The normalized spacial score (nSPS) is 10.0. The summed E-state index contributed by atoms with van der Waals surface area (Å²) in [6.45, 7) is 0. The maximum atomic E-state index is 11.8. The van der Waals surface area contributed by atoms with E-state index in [1.54, 1.807) is 30.3 Å². The lowest BCUT2D eigenvalue weighted by atomic mass is 10.1. The van der Waals surface area contributed by atoms with Gasteiger partial charge in [-0.2, -0.15) is 5.10 Å². The Morgan fingerprint density at radius 1 is 1.29 bits per heavy atom. The zero-order valence-electron chi connectivity index (χ0n) is 7.40. The summed E-state index contributed by atoms with van der Waals surface area (Å²) in [7, 11) is 0. The molecule has 2 rings (SSSR count). The number of para-hydroxylation sites is 1. The molecule has 3 N–H and O–H groups in total. The SMILES string of the molecule is Nc1ccccc1C(=O)c1ccn[nH]1. The van der Waals surface area contributed by atoms with Gasteiger partial charge in [-0.15, -0.1) is 0 Å². The summed E-state index contributed by atoms with van der Waals surface area (Å²) in [5, 5.41) is 6.32. The van der Waals surface area contributed by atoms with E-state index in [-0.39, 0.29) is 5.78 Å². The summed E-state index contributed by atoms with van der Waals surface area (Å²) in [5.74, 6) is -0.138. The summed E-state index contributed by atoms with van der Waals surface area (Å²) >= 11 is 0. The number of anilines is 1. The molecular formula is C10H9N3O. The first-order chi connectivity index (χ1) is 6.79. The third kappa shape index (κ3) is 1.37. The second-order valence-corrected chi connectivity index (χ2v) is 2.89. The molecule has 14 heavy (non-hydrogen) atoms. The summed E-state index contributed by atoms with van der Waals surface area (Å²) in [4.78, 5) is 11.8. The standard InChI is InChI=1S/C10H9N3O/c11-8-4-2-1-3-7(8)10(14)9-5-6-12-13-9/h1-6H,11H2,(H,12,13). The molecule has 0 saturated carbocycles. The van der Waals surface area contributed by atoms with Crippen LogP contribution in [0.4, 0.5) is 5.69 Å². The molecule has 0 aliphatic rings. The lowest BCUT2D eigenvalue weighted by molar-refractivity contribution is 0.103. The highest BCUT2D eigenvalue weighted by Gasteiger charge is 2.12. The van der Waals surface area contributed by atoms with Crippen molar-refractivity contribution in [3.63, 3.8) is 0 Å². The number of aromatic amines is 1. The minimum absolute atomic E-state index is 0.138. The average Bonchev–Trinajstić information content (AvgIpc) is 2.70. The van der Waals surface area contributed by atoms with Crippen molar-refractivity contribution < 1.29 is 4.79 Å². The first-order valence-corrected chi connectivity index (χ1v) is 4.17. The van der Waals surface area contributed by atoms with Crippen LogP contribution in [0, 0.1) is 0 Å². The van der Waals surface area contributed by atoms with Gasteiger partial charge < -0.3 is 5.73 Å². The van der Waals surface area contributed by atoms with Crippen molar-refractivity contribution in [2.75, 3.05) is 5.73 Å². The second kappa shape index (κ2) is 3.33. The predicted octanol–water partition coefficient (Wildman–Crippen LogP) is 1.22. The van der Waals surface area contributed by atoms with Crippen molar-refractivity contribution >= 4 is 11.5 Å². The Kier molecular flexibility index (Phi) is 2.02. The largest absolute Gasteiger partial charge is 0.398 e. The van der Waals surface area contributed by atoms with Crippen molar-refractivity contribution in [3.8, 4) is 0 Å². The van der Waals surface area contributed by atoms with Gasteiger partial charge in [-0.3, -0.25) is 9.89 Å². The lowest BCUT2D eigenvalue weighted by Crippen LogP contribution is -2.05. The average molecular weight is 187 g/mol. The van der Waals surface area contributed by atoms with Crippen molar-refractivity contribution in [2.24, 2.45) is 0 Å². The van der Waals surface area contributed by atoms with Crippen LogP contribution in [0.15, 0.2) is 36.5 Å². The number of H-pyrrole nitrogens is 1. The predicted molar refractivity (Wildman–Crippen MR) is 52.9 cm³/mol. The van der Waals surface area contributed by atoms with Gasteiger partial charge in [0.05, 0.1) is 0 Å². The molecule has 0 atom stereocenters. The number of carbonyl (C=O) groups is 1. The number of nitrogens with zero attached hydrogens (tertiary/aromatic N) is 1. The first-order valence-electron chi connectivity index (χ1n) is 4.17. The summed E-state index contributed by atoms with van der Waals surface area (Å²) in [5.41, 5.74) is 7.10. The summed E-state index contributed by atoms with van der Waals surface area (Å²) in [6.07, 6.45) is 1.53. The van der Waals surface area contributed by atoms with Crippen LogP contribution in [0.5, 0.6) is 0 Å². The maximum Gasteiger partial charge on any atom is 0.212 e. The minimum atomic E-state index is -0.138. The Balaban J connectivity index is 2.42. The topological polar surface area (TPSA) is 71.8 Å². The molecular weight excluding hydrogens is 178 g/mol. The molecule has 0 aliphatic carbocycles. The number of hydrogen-bond donors (Lipinski definition) is 2. The van der Waals surface area contributed by atoms with Gasteiger partial charge in [0.25, 0.3) is 0 Å². The van der Waals surface area contributed by atoms with Crippen LogP contribution in [-0.4, -0.2) is 16.0 Å². The van der Waals surface area contributed by atoms with Crippen LogP contribution in [0.25, 0.3) is 0 Å². The molecule has 4 heteroatoms. The number of rotatable bonds is 2. The summed E-state index contributed by atoms with van der Waals surface area (Å²) < 4.78 is 0. The van der Waals surface area contributed by atoms with E-state index in [0.29, 0.717) is 16.9 Å². The van der Waals surface area contributed by atoms with Gasteiger partial charge in [0, 0.05) is 17.4 Å². The fraction of sp³-hybridized carbons (Fsp3) is 0. The van der Waals surface area contributed by atoms with Crippen molar-refractivity contribution in [3.05, 3.63) is 47.8 Å². The quantitative estimate of drug-likeness (QED) is 0.548. The number of carbonyl (C=O) groups excluding carboxylic acids is 1. The van der Waals surface area contributed by atoms with Gasteiger partial charge in [-0.1, -0.05) is 12.1 Å². The van der Waals surface area contributed by atoms with Crippen LogP contribution < -0.4 is 5.73 Å². The number of nitrogen functional groups attached to an aromatic ring is 1.